The number of hydrogen-bond acceptors (Lipinski definition) is 5. The van der Waals surface area contributed by atoms with Crippen LogP contribution in [-0.4, -0.2) is 40.5 Å². The van der Waals surface area contributed by atoms with Gasteiger partial charge in [-0.15, -0.1) is 0 Å². The largest absolute Gasteiger partial charge is 0.486 e. The van der Waals surface area contributed by atoms with Gasteiger partial charge < -0.3 is 10.1 Å². The Morgan fingerprint density at radius 2 is 2.17 bits per heavy atom. The maximum atomic E-state index is 11.7. The average Bonchev–Trinajstić information content (AvgIpc) is 3.02. The molecule has 0 spiro atoms. The number of fused-ring (bicyclic) bond motifs is 1. The van der Waals surface area contributed by atoms with E-state index in [1.165, 1.54) is 6.33 Å². The minimum Gasteiger partial charge on any atom is -0.486 e. The fraction of sp³-hybridized carbons (Fsp3) is 0.353. The number of nitrogens with one attached hydrogen (secondary N) is 1. The van der Waals surface area contributed by atoms with Crippen LogP contribution in [0.5, 0.6) is 5.75 Å². The Bertz CT molecular complexity index is 727. The molecule has 1 amide bonds. The SMILES string of the molecule is CSCCC(=O)NC[C@@H]1Cc2cc(-c3cncnc3)cc(Cl)c2O1. The van der Waals surface area contributed by atoms with Crippen LogP contribution in [0.25, 0.3) is 11.1 Å². The Morgan fingerprint density at radius 3 is 2.92 bits per heavy atom. The van der Waals surface area contributed by atoms with Crippen molar-refractivity contribution < 1.29 is 9.53 Å². The van der Waals surface area contributed by atoms with Crippen molar-refractivity contribution in [3.05, 3.63) is 41.4 Å². The Balaban J connectivity index is 1.67. The van der Waals surface area contributed by atoms with Gasteiger partial charge in [-0.05, 0) is 24.0 Å². The lowest BCUT2D eigenvalue weighted by atomic mass is 10.0. The Hall–Kier alpha value is -1.79. The second kappa shape index (κ2) is 7.85. The molecular formula is C17H18ClN3O2S. The molecule has 126 valence electrons. The van der Waals surface area contributed by atoms with E-state index >= 15 is 0 Å². The van der Waals surface area contributed by atoms with E-state index in [0.717, 1.165) is 28.9 Å². The predicted octanol–water partition coefficient (Wildman–Crippen LogP) is 2.97. The first kappa shape index (κ1) is 17.0. The molecule has 0 saturated carbocycles. The Morgan fingerprint density at radius 1 is 1.38 bits per heavy atom. The van der Waals surface area contributed by atoms with Crippen molar-refractivity contribution in [3.63, 3.8) is 0 Å². The van der Waals surface area contributed by atoms with Gasteiger partial charge >= 0.3 is 0 Å². The number of hydrogen-bond donors (Lipinski definition) is 1. The summed E-state index contributed by atoms with van der Waals surface area (Å²) >= 11 is 8.02. The topological polar surface area (TPSA) is 64.1 Å². The third kappa shape index (κ3) is 3.99. The van der Waals surface area contributed by atoms with Crippen LogP contribution >= 0.6 is 23.4 Å². The molecular weight excluding hydrogens is 346 g/mol. The molecule has 7 heteroatoms. The summed E-state index contributed by atoms with van der Waals surface area (Å²) in [6, 6.07) is 3.91. The van der Waals surface area contributed by atoms with Crippen molar-refractivity contribution in [1.82, 2.24) is 15.3 Å². The van der Waals surface area contributed by atoms with Gasteiger partial charge in [0.15, 0.2) is 0 Å². The maximum absolute atomic E-state index is 11.7. The maximum Gasteiger partial charge on any atom is 0.220 e. The van der Waals surface area contributed by atoms with E-state index in [9.17, 15) is 4.79 Å². The summed E-state index contributed by atoms with van der Waals surface area (Å²) in [5.41, 5.74) is 2.92. The number of halogens is 1. The van der Waals surface area contributed by atoms with Crippen molar-refractivity contribution in [3.8, 4) is 16.9 Å². The summed E-state index contributed by atoms with van der Waals surface area (Å²) in [5, 5.41) is 3.49. The fourth-order valence-corrected chi connectivity index (χ4v) is 3.30. The zero-order valence-corrected chi connectivity index (χ0v) is 14.9. The van der Waals surface area contributed by atoms with E-state index < -0.39 is 0 Å². The van der Waals surface area contributed by atoms with Crippen molar-refractivity contribution in [2.75, 3.05) is 18.6 Å². The van der Waals surface area contributed by atoms with Crippen LogP contribution in [0.1, 0.15) is 12.0 Å². The lowest BCUT2D eigenvalue weighted by molar-refractivity contribution is -0.121. The molecule has 0 aliphatic carbocycles. The third-order valence-corrected chi connectivity index (χ3v) is 4.70. The highest BCUT2D eigenvalue weighted by atomic mass is 35.5. The molecule has 3 rings (SSSR count). The predicted molar refractivity (Wildman–Crippen MR) is 96.6 cm³/mol. The summed E-state index contributed by atoms with van der Waals surface area (Å²) in [6.45, 7) is 0.488. The molecule has 2 heterocycles. The van der Waals surface area contributed by atoms with E-state index in [1.807, 2.05) is 12.3 Å². The fourth-order valence-electron chi connectivity index (χ4n) is 2.63. The number of carbonyl (C=O) groups excluding carboxylic acids is 1. The molecule has 0 fully saturated rings. The second-order valence-corrected chi connectivity index (χ2v) is 6.96. The zero-order chi connectivity index (χ0) is 16.9. The number of carbonyl (C=O) groups is 1. The number of nitrogens with zero attached hydrogens (tertiary/aromatic N) is 2. The van der Waals surface area contributed by atoms with Gasteiger partial charge in [0.2, 0.25) is 5.91 Å². The van der Waals surface area contributed by atoms with Gasteiger partial charge in [-0.25, -0.2) is 9.97 Å². The van der Waals surface area contributed by atoms with Gasteiger partial charge in [0.05, 0.1) is 11.6 Å². The van der Waals surface area contributed by atoms with Crippen molar-refractivity contribution in [1.29, 1.82) is 0 Å². The van der Waals surface area contributed by atoms with E-state index in [-0.39, 0.29) is 12.0 Å². The van der Waals surface area contributed by atoms with E-state index in [1.54, 1.807) is 24.2 Å². The Kier molecular flexibility index (Phi) is 5.58. The highest BCUT2D eigenvalue weighted by molar-refractivity contribution is 7.98. The summed E-state index contributed by atoms with van der Waals surface area (Å²) in [4.78, 5) is 19.8. The van der Waals surface area contributed by atoms with E-state index in [0.29, 0.717) is 23.7 Å². The quantitative estimate of drug-likeness (QED) is 0.854. The number of rotatable bonds is 6. The van der Waals surface area contributed by atoms with Crippen LogP contribution in [0.4, 0.5) is 0 Å². The van der Waals surface area contributed by atoms with Gasteiger partial charge in [-0.1, -0.05) is 11.6 Å². The highest BCUT2D eigenvalue weighted by Crippen LogP contribution is 2.39. The molecule has 1 aliphatic heterocycles. The number of thioether (sulfide) groups is 1. The molecule has 5 nitrogen and oxygen atoms in total. The molecule has 1 atom stereocenters. The second-order valence-electron chi connectivity index (χ2n) is 5.56. The van der Waals surface area contributed by atoms with Crippen molar-refractivity contribution in [2.45, 2.75) is 18.9 Å². The smallest absolute Gasteiger partial charge is 0.220 e. The summed E-state index contributed by atoms with van der Waals surface area (Å²) < 4.78 is 5.90. The zero-order valence-electron chi connectivity index (χ0n) is 13.3. The van der Waals surface area contributed by atoms with Crippen molar-refractivity contribution >= 4 is 29.3 Å². The lowest BCUT2D eigenvalue weighted by Gasteiger charge is -2.12. The van der Waals surface area contributed by atoms with Gasteiger partial charge in [0, 0.05) is 42.1 Å². The van der Waals surface area contributed by atoms with Gasteiger partial charge in [-0.3, -0.25) is 4.79 Å². The molecule has 0 saturated heterocycles. The van der Waals surface area contributed by atoms with Crippen LogP contribution in [0.15, 0.2) is 30.9 Å². The summed E-state index contributed by atoms with van der Waals surface area (Å²) in [7, 11) is 0. The minimum absolute atomic E-state index is 0.0529. The van der Waals surface area contributed by atoms with Gasteiger partial charge in [0.1, 0.15) is 18.2 Å². The molecule has 1 aromatic carbocycles. The first-order chi connectivity index (χ1) is 11.7. The minimum atomic E-state index is -0.0852. The van der Waals surface area contributed by atoms with Crippen LogP contribution < -0.4 is 10.1 Å². The van der Waals surface area contributed by atoms with Crippen LogP contribution in [-0.2, 0) is 11.2 Å². The van der Waals surface area contributed by atoms with Gasteiger partial charge in [0.25, 0.3) is 0 Å². The molecule has 1 aromatic heterocycles. The molecule has 24 heavy (non-hydrogen) atoms. The van der Waals surface area contributed by atoms with Crippen LogP contribution in [0.3, 0.4) is 0 Å². The summed E-state index contributed by atoms with van der Waals surface area (Å²) in [5.74, 6) is 1.59. The first-order valence-corrected chi connectivity index (χ1v) is 9.44. The van der Waals surface area contributed by atoms with E-state index in [4.69, 9.17) is 16.3 Å². The average molecular weight is 364 g/mol. The summed E-state index contributed by atoms with van der Waals surface area (Å²) in [6.07, 6.45) is 8.16. The number of aromatic nitrogens is 2. The number of benzene rings is 1. The number of amides is 1. The standard InChI is InChI=1S/C17H18ClN3O2S/c1-24-3-2-16(22)21-9-14-5-12-4-11(6-15(18)17(12)23-14)13-7-19-10-20-8-13/h4,6-8,10,14H,2-3,5,9H2,1H3,(H,21,22)/t14-/m0/s1. The normalized spacial score (nSPS) is 15.7. The van der Waals surface area contributed by atoms with E-state index in [2.05, 4.69) is 21.4 Å². The van der Waals surface area contributed by atoms with Crippen LogP contribution in [0, 0.1) is 0 Å². The highest BCUT2D eigenvalue weighted by Gasteiger charge is 2.26. The molecule has 1 N–H and O–H groups in total. The molecule has 1 aliphatic rings. The molecule has 0 bridgehead atoms. The molecule has 0 unspecified atom stereocenters. The monoisotopic (exact) mass is 363 g/mol. The van der Waals surface area contributed by atoms with Gasteiger partial charge in [-0.2, -0.15) is 11.8 Å². The molecule has 0 radical (unpaired) electrons. The lowest BCUT2D eigenvalue weighted by Crippen LogP contribution is -2.34. The van der Waals surface area contributed by atoms with Crippen molar-refractivity contribution in [2.24, 2.45) is 0 Å². The van der Waals surface area contributed by atoms with Crippen LogP contribution in [0.2, 0.25) is 5.02 Å². The molecule has 2 aromatic rings. The Labute approximate surface area is 150 Å². The first-order valence-electron chi connectivity index (χ1n) is 7.67. The number of ether oxygens (including phenoxy) is 1. The third-order valence-electron chi connectivity index (χ3n) is 3.81.